The second-order valence-corrected chi connectivity index (χ2v) is 7.41. The number of imidazole rings is 1. The Morgan fingerprint density at radius 2 is 2.11 bits per heavy atom. The summed E-state index contributed by atoms with van der Waals surface area (Å²) in [4.78, 5) is 4.43. The molecular formula is C12H21N3O2S. The molecule has 0 aromatic carbocycles. The van der Waals surface area contributed by atoms with E-state index in [1.165, 1.54) is 31.9 Å². The van der Waals surface area contributed by atoms with Gasteiger partial charge in [-0.2, -0.15) is 0 Å². The lowest BCUT2D eigenvalue weighted by molar-refractivity contribution is 0.594. The van der Waals surface area contributed by atoms with Gasteiger partial charge in [-0.15, -0.1) is 0 Å². The predicted octanol–water partition coefficient (Wildman–Crippen LogP) is 1.59. The van der Waals surface area contributed by atoms with Crippen LogP contribution in [0.3, 0.4) is 0 Å². The van der Waals surface area contributed by atoms with E-state index in [1.54, 1.807) is 0 Å². The summed E-state index contributed by atoms with van der Waals surface area (Å²) in [6, 6.07) is 0.490. The van der Waals surface area contributed by atoms with Crippen LogP contribution >= 0.6 is 0 Å². The highest BCUT2D eigenvalue weighted by molar-refractivity contribution is 7.90. The molecule has 1 saturated carbocycles. The van der Waals surface area contributed by atoms with Crippen molar-refractivity contribution < 1.29 is 8.42 Å². The smallest absolute Gasteiger partial charge is 0.203 e. The van der Waals surface area contributed by atoms with Crippen LogP contribution in [-0.4, -0.2) is 36.0 Å². The number of sulfone groups is 1. The zero-order valence-electron chi connectivity index (χ0n) is 11.0. The van der Waals surface area contributed by atoms with E-state index in [4.69, 9.17) is 0 Å². The zero-order valence-corrected chi connectivity index (χ0v) is 11.8. The highest BCUT2D eigenvalue weighted by Crippen LogP contribution is 2.22. The van der Waals surface area contributed by atoms with Crippen molar-refractivity contribution in [1.82, 2.24) is 9.55 Å². The third kappa shape index (κ3) is 3.73. The Morgan fingerprint density at radius 3 is 2.72 bits per heavy atom. The number of aromatic nitrogens is 2. The van der Waals surface area contributed by atoms with Gasteiger partial charge in [-0.1, -0.05) is 12.8 Å². The van der Waals surface area contributed by atoms with Gasteiger partial charge in [0.15, 0.2) is 0 Å². The van der Waals surface area contributed by atoms with Crippen LogP contribution in [0.4, 0.5) is 5.95 Å². The van der Waals surface area contributed by atoms with Gasteiger partial charge in [-0.05, 0) is 19.8 Å². The minimum Gasteiger partial charge on any atom is -0.353 e. The lowest BCUT2D eigenvalue weighted by Crippen LogP contribution is -2.19. The van der Waals surface area contributed by atoms with Gasteiger partial charge in [0, 0.05) is 25.0 Å². The van der Waals surface area contributed by atoms with E-state index in [2.05, 4.69) is 10.3 Å². The van der Waals surface area contributed by atoms with Crippen LogP contribution in [0.1, 0.15) is 31.4 Å². The molecule has 1 heterocycles. The maximum atomic E-state index is 11.2. The maximum absolute atomic E-state index is 11.2. The van der Waals surface area contributed by atoms with Crippen molar-refractivity contribution in [2.45, 2.75) is 45.2 Å². The van der Waals surface area contributed by atoms with Crippen LogP contribution in [0.25, 0.3) is 0 Å². The maximum Gasteiger partial charge on any atom is 0.203 e. The molecule has 0 unspecified atom stereocenters. The third-order valence-corrected chi connectivity index (χ3v) is 4.21. The molecule has 1 aromatic heterocycles. The number of aryl methyl sites for hydroxylation is 2. The number of nitrogens with one attached hydrogen (secondary N) is 1. The minimum atomic E-state index is -2.93. The summed E-state index contributed by atoms with van der Waals surface area (Å²) in [6.45, 7) is 2.39. The zero-order chi connectivity index (χ0) is 13.2. The largest absolute Gasteiger partial charge is 0.353 e. The van der Waals surface area contributed by atoms with Crippen LogP contribution in [-0.2, 0) is 16.4 Å². The second kappa shape index (κ2) is 5.30. The Bertz CT molecular complexity index is 501. The average Bonchev–Trinajstić information content (AvgIpc) is 2.85. The van der Waals surface area contributed by atoms with Gasteiger partial charge in [0.1, 0.15) is 9.84 Å². The second-order valence-electron chi connectivity index (χ2n) is 5.15. The first kappa shape index (κ1) is 13.4. The molecule has 0 bridgehead atoms. The quantitative estimate of drug-likeness (QED) is 0.883. The Labute approximate surface area is 109 Å². The topological polar surface area (TPSA) is 64.0 Å². The molecule has 1 aromatic rings. The number of anilines is 1. The molecule has 0 radical (unpaired) electrons. The van der Waals surface area contributed by atoms with Crippen molar-refractivity contribution in [3.63, 3.8) is 0 Å². The molecule has 0 saturated heterocycles. The highest BCUT2D eigenvalue weighted by Gasteiger charge is 2.17. The van der Waals surface area contributed by atoms with Crippen molar-refractivity contribution in [2.75, 3.05) is 17.3 Å². The fourth-order valence-electron chi connectivity index (χ4n) is 2.35. The lowest BCUT2D eigenvalue weighted by atomic mass is 10.2. The minimum absolute atomic E-state index is 0.155. The molecule has 0 spiro atoms. The first-order valence-corrected chi connectivity index (χ1v) is 8.48. The Hall–Kier alpha value is -1.04. The molecule has 0 amide bonds. The summed E-state index contributed by atoms with van der Waals surface area (Å²) in [5.74, 6) is 0.963. The summed E-state index contributed by atoms with van der Waals surface area (Å²) in [6.07, 6.45) is 8.06. The monoisotopic (exact) mass is 271 g/mol. The summed E-state index contributed by atoms with van der Waals surface area (Å²) in [5, 5.41) is 3.42. The molecule has 102 valence electrons. The van der Waals surface area contributed by atoms with Gasteiger partial charge < -0.3 is 9.88 Å². The molecule has 1 fully saturated rings. The summed E-state index contributed by atoms with van der Waals surface area (Å²) < 4.78 is 24.3. The lowest BCUT2D eigenvalue weighted by Gasteiger charge is -2.14. The van der Waals surface area contributed by atoms with Gasteiger partial charge in [0.05, 0.1) is 11.4 Å². The fourth-order valence-corrected chi connectivity index (χ4v) is 2.88. The van der Waals surface area contributed by atoms with Crippen LogP contribution in [0.15, 0.2) is 6.20 Å². The molecule has 1 aliphatic carbocycles. The molecule has 2 rings (SSSR count). The van der Waals surface area contributed by atoms with Crippen molar-refractivity contribution in [1.29, 1.82) is 0 Å². The van der Waals surface area contributed by atoms with Crippen molar-refractivity contribution >= 4 is 15.8 Å². The highest BCUT2D eigenvalue weighted by atomic mass is 32.2. The molecule has 1 N–H and O–H groups in total. The predicted molar refractivity (Wildman–Crippen MR) is 72.6 cm³/mol. The van der Waals surface area contributed by atoms with Gasteiger partial charge in [-0.25, -0.2) is 13.4 Å². The van der Waals surface area contributed by atoms with E-state index in [1.807, 2.05) is 17.7 Å². The van der Waals surface area contributed by atoms with Crippen molar-refractivity contribution in [3.8, 4) is 0 Å². The van der Waals surface area contributed by atoms with E-state index in [0.29, 0.717) is 12.6 Å². The summed E-state index contributed by atoms with van der Waals surface area (Å²) in [5.41, 5.74) is 0.920. The molecule has 5 nitrogen and oxygen atoms in total. The molecule has 0 aliphatic heterocycles. The first-order chi connectivity index (χ1) is 8.44. The molecule has 18 heavy (non-hydrogen) atoms. The van der Waals surface area contributed by atoms with Crippen LogP contribution in [0, 0.1) is 6.92 Å². The standard InChI is InChI=1S/C12H21N3O2S/c1-10-9-15(7-8-18(2,16)17)12(13-10)14-11-5-3-4-6-11/h9,11H,3-8H2,1-2H3,(H,13,14). The van der Waals surface area contributed by atoms with Crippen molar-refractivity contribution in [3.05, 3.63) is 11.9 Å². The van der Waals surface area contributed by atoms with E-state index >= 15 is 0 Å². The normalized spacial score (nSPS) is 17.2. The first-order valence-electron chi connectivity index (χ1n) is 6.42. The average molecular weight is 271 g/mol. The van der Waals surface area contributed by atoms with Gasteiger partial charge in [0.2, 0.25) is 5.95 Å². The van der Waals surface area contributed by atoms with Crippen LogP contribution in [0.5, 0.6) is 0 Å². The molecular weight excluding hydrogens is 250 g/mol. The van der Waals surface area contributed by atoms with E-state index in [9.17, 15) is 8.42 Å². The molecule has 0 atom stereocenters. The number of hydrogen-bond acceptors (Lipinski definition) is 4. The molecule has 6 heteroatoms. The number of rotatable bonds is 5. The van der Waals surface area contributed by atoms with Crippen molar-refractivity contribution in [2.24, 2.45) is 0 Å². The Morgan fingerprint density at radius 1 is 1.44 bits per heavy atom. The van der Waals surface area contributed by atoms with Gasteiger partial charge >= 0.3 is 0 Å². The van der Waals surface area contributed by atoms with E-state index in [0.717, 1.165) is 11.6 Å². The summed E-state index contributed by atoms with van der Waals surface area (Å²) in [7, 11) is -2.93. The Kier molecular flexibility index (Phi) is 3.94. The Balaban J connectivity index is 2.04. The van der Waals surface area contributed by atoms with E-state index < -0.39 is 9.84 Å². The number of nitrogens with zero attached hydrogens (tertiary/aromatic N) is 2. The summed E-state index contributed by atoms with van der Waals surface area (Å²) >= 11 is 0. The molecule has 1 aliphatic rings. The SMILES string of the molecule is Cc1cn(CCS(C)(=O)=O)c(NC2CCCC2)n1. The third-order valence-electron chi connectivity index (χ3n) is 3.29. The van der Waals surface area contributed by atoms with Gasteiger partial charge in [0.25, 0.3) is 0 Å². The fraction of sp³-hybridized carbons (Fsp3) is 0.750. The van der Waals surface area contributed by atoms with Crippen LogP contribution < -0.4 is 5.32 Å². The van der Waals surface area contributed by atoms with E-state index in [-0.39, 0.29) is 5.75 Å². The van der Waals surface area contributed by atoms with Gasteiger partial charge in [-0.3, -0.25) is 0 Å². The number of hydrogen-bond donors (Lipinski definition) is 1. The van der Waals surface area contributed by atoms with Crippen LogP contribution in [0.2, 0.25) is 0 Å².